The molecular formula is C19H19ClFNO3. The van der Waals surface area contributed by atoms with E-state index in [1.165, 1.54) is 12.1 Å². The van der Waals surface area contributed by atoms with Gasteiger partial charge in [0.2, 0.25) is 5.91 Å². The van der Waals surface area contributed by atoms with Crippen LogP contribution in [-0.4, -0.2) is 18.6 Å². The van der Waals surface area contributed by atoms with E-state index in [2.05, 4.69) is 5.32 Å². The molecule has 1 N–H and O–H groups in total. The molecule has 0 aliphatic carbocycles. The molecule has 25 heavy (non-hydrogen) atoms. The first-order valence-electron chi connectivity index (χ1n) is 8.17. The lowest BCUT2D eigenvalue weighted by molar-refractivity contribution is -0.115. The second kappa shape index (κ2) is 7.31. The third kappa shape index (κ3) is 3.87. The molecule has 1 heterocycles. The summed E-state index contributed by atoms with van der Waals surface area (Å²) in [6, 6.07) is 7.98. The molecule has 0 radical (unpaired) electrons. The molecule has 132 valence electrons. The van der Waals surface area contributed by atoms with E-state index in [9.17, 15) is 9.18 Å². The SMILES string of the molecule is CCOc1cc2c(cc1NC(=O)Cc1c(F)cccc1Cl)OC(C)C2. The largest absolute Gasteiger partial charge is 0.492 e. The topological polar surface area (TPSA) is 47.6 Å². The van der Waals surface area contributed by atoms with Crippen molar-refractivity contribution in [3.8, 4) is 11.5 Å². The zero-order valence-corrected chi connectivity index (χ0v) is 14.8. The summed E-state index contributed by atoms with van der Waals surface area (Å²) < 4.78 is 25.2. The van der Waals surface area contributed by atoms with Gasteiger partial charge in [0, 0.05) is 28.6 Å². The molecule has 1 unspecified atom stereocenters. The Balaban J connectivity index is 1.82. The fourth-order valence-electron chi connectivity index (χ4n) is 2.87. The van der Waals surface area contributed by atoms with Crippen molar-refractivity contribution < 1.29 is 18.7 Å². The van der Waals surface area contributed by atoms with Gasteiger partial charge in [-0.25, -0.2) is 4.39 Å². The molecule has 0 saturated heterocycles. The molecule has 1 amide bonds. The van der Waals surface area contributed by atoms with E-state index in [-0.39, 0.29) is 29.0 Å². The van der Waals surface area contributed by atoms with E-state index >= 15 is 0 Å². The number of benzene rings is 2. The van der Waals surface area contributed by atoms with Crippen LogP contribution in [0.5, 0.6) is 11.5 Å². The lowest BCUT2D eigenvalue weighted by Gasteiger charge is -2.14. The number of rotatable bonds is 5. The average Bonchev–Trinajstić information content (AvgIpc) is 2.90. The van der Waals surface area contributed by atoms with Crippen LogP contribution < -0.4 is 14.8 Å². The number of nitrogens with one attached hydrogen (secondary N) is 1. The number of carbonyl (C=O) groups is 1. The standard InChI is InChI=1S/C19H19ClFNO3/c1-3-24-18-8-12-7-11(2)25-17(12)10-16(18)22-19(23)9-13-14(20)5-4-6-15(13)21/h4-6,8,10-11H,3,7,9H2,1-2H3,(H,22,23). The van der Waals surface area contributed by atoms with Gasteiger partial charge in [-0.2, -0.15) is 0 Å². The van der Waals surface area contributed by atoms with Crippen LogP contribution in [0.4, 0.5) is 10.1 Å². The van der Waals surface area contributed by atoms with Crippen LogP contribution in [0.15, 0.2) is 30.3 Å². The third-order valence-corrected chi connectivity index (χ3v) is 4.33. The Kier molecular flexibility index (Phi) is 5.13. The minimum absolute atomic E-state index is 0.0904. The highest BCUT2D eigenvalue weighted by molar-refractivity contribution is 6.31. The summed E-state index contributed by atoms with van der Waals surface area (Å²) >= 11 is 5.99. The monoisotopic (exact) mass is 363 g/mol. The number of hydrogen-bond acceptors (Lipinski definition) is 3. The first-order chi connectivity index (χ1) is 12.0. The maximum atomic E-state index is 13.9. The Bertz CT molecular complexity index is 789. The van der Waals surface area contributed by atoms with Gasteiger partial charge >= 0.3 is 0 Å². The summed E-state index contributed by atoms with van der Waals surface area (Å²) in [5, 5.41) is 3.00. The zero-order valence-electron chi connectivity index (χ0n) is 14.1. The van der Waals surface area contributed by atoms with E-state index in [0.717, 1.165) is 17.7 Å². The molecule has 0 saturated carbocycles. The van der Waals surface area contributed by atoms with Gasteiger partial charge in [0.25, 0.3) is 0 Å². The van der Waals surface area contributed by atoms with Crippen LogP contribution in [0, 0.1) is 5.82 Å². The van der Waals surface area contributed by atoms with Crippen LogP contribution in [0.1, 0.15) is 25.0 Å². The Hall–Kier alpha value is -2.27. The quantitative estimate of drug-likeness (QED) is 0.857. The van der Waals surface area contributed by atoms with Crippen molar-refractivity contribution in [2.75, 3.05) is 11.9 Å². The molecule has 1 aliphatic heterocycles. The van der Waals surface area contributed by atoms with E-state index in [4.69, 9.17) is 21.1 Å². The Morgan fingerprint density at radius 3 is 2.96 bits per heavy atom. The highest BCUT2D eigenvalue weighted by Gasteiger charge is 2.23. The average molecular weight is 364 g/mol. The van der Waals surface area contributed by atoms with Crippen LogP contribution >= 0.6 is 11.6 Å². The van der Waals surface area contributed by atoms with Gasteiger partial charge in [-0.05, 0) is 32.0 Å². The molecule has 0 fully saturated rings. The summed E-state index contributed by atoms with van der Waals surface area (Å²) in [7, 11) is 0. The minimum Gasteiger partial charge on any atom is -0.492 e. The van der Waals surface area contributed by atoms with Crippen molar-refractivity contribution in [1.29, 1.82) is 0 Å². The summed E-state index contributed by atoms with van der Waals surface area (Å²) in [5.74, 6) is 0.430. The summed E-state index contributed by atoms with van der Waals surface area (Å²) in [6.07, 6.45) is 0.729. The first kappa shape index (κ1) is 17.5. The number of halogens is 2. The normalized spacial score (nSPS) is 15.4. The van der Waals surface area contributed by atoms with Gasteiger partial charge in [0.05, 0.1) is 18.7 Å². The Morgan fingerprint density at radius 2 is 2.24 bits per heavy atom. The molecule has 3 rings (SSSR count). The molecule has 6 heteroatoms. The third-order valence-electron chi connectivity index (χ3n) is 3.97. The molecule has 0 bridgehead atoms. The van der Waals surface area contributed by atoms with Gasteiger partial charge in [-0.3, -0.25) is 4.79 Å². The minimum atomic E-state index is -0.501. The van der Waals surface area contributed by atoms with Crippen molar-refractivity contribution in [2.45, 2.75) is 32.8 Å². The van der Waals surface area contributed by atoms with E-state index in [1.807, 2.05) is 19.9 Å². The molecule has 0 spiro atoms. The van der Waals surface area contributed by atoms with Crippen LogP contribution in [0.25, 0.3) is 0 Å². The van der Waals surface area contributed by atoms with Crippen molar-refractivity contribution in [1.82, 2.24) is 0 Å². The Morgan fingerprint density at radius 1 is 1.44 bits per heavy atom. The highest BCUT2D eigenvalue weighted by Crippen LogP contribution is 2.38. The number of fused-ring (bicyclic) bond motifs is 1. The predicted octanol–water partition coefficient (Wildman–Crippen LogP) is 4.38. The maximum absolute atomic E-state index is 13.9. The second-order valence-electron chi connectivity index (χ2n) is 5.95. The number of anilines is 1. The smallest absolute Gasteiger partial charge is 0.229 e. The molecule has 2 aromatic rings. The summed E-state index contributed by atoms with van der Waals surface area (Å²) in [6.45, 7) is 4.33. The lowest BCUT2D eigenvalue weighted by Crippen LogP contribution is -2.16. The number of amides is 1. The van der Waals surface area contributed by atoms with Crippen molar-refractivity contribution in [3.63, 3.8) is 0 Å². The van der Waals surface area contributed by atoms with Gasteiger partial charge in [0.1, 0.15) is 23.4 Å². The molecule has 0 aromatic heterocycles. The van der Waals surface area contributed by atoms with Crippen LogP contribution in [0.3, 0.4) is 0 Å². The van der Waals surface area contributed by atoms with Crippen LogP contribution in [0.2, 0.25) is 5.02 Å². The van der Waals surface area contributed by atoms with Gasteiger partial charge < -0.3 is 14.8 Å². The number of ether oxygens (including phenoxy) is 2. The highest BCUT2D eigenvalue weighted by atomic mass is 35.5. The summed E-state index contributed by atoms with van der Waals surface area (Å²) in [4.78, 5) is 12.4. The van der Waals surface area contributed by atoms with Crippen molar-refractivity contribution in [2.24, 2.45) is 0 Å². The van der Waals surface area contributed by atoms with Crippen molar-refractivity contribution >= 4 is 23.2 Å². The number of hydrogen-bond donors (Lipinski definition) is 1. The van der Waals surface area contributed by atoms with E-state index in [0.29, 0.717) is 18.0 Å². The van der Waals surface area contributed by atoms with Crippen molar-refractivity contribution in [3.05, 3.63) is 52.3 Å². The predicted molar refractivity (Wildman–Crippen MR) is 95.1 cm³/mol. The molecule has 2 aromatic carbocycles. The number of carbonyl (C=O) groups excluding carboxylic acids is 1. The van der Waals surface area contributed by atoms with Gasteiger partial charge in [-0.15, -0.1) is 0 Å². The van der Waals surface area contributed by atoms with Gasteiger partial charge in [-0.1, -0.05) is 17.7 Å². The molecule has 1 atom stereocenters. The Labute approximate surface area is 150 Å². The van der Waals surface area contributed by atoms with E-state index in [1.54, 1.807) is 12.1 Å². The molecule has 4 nitrogen and oxygen atoms in total. The maximum Gasteiger partial charge on any atom is 0.229 e. The first-order valence-corrected chi connectivity index (χ1v) is 8.54. The molecule has 1 aliphatic rings. The lowest BCUT2D eigenvalue weighted by atomic mass is 10.1. The van der Waals surface area contributed by atoms with E-state index < -0.39 is 5.82 Å². The second-order valence-corrected chi connectivity index (χ2v) is 6.35. The molecular weight excluding hydrogens is 345 g/mol. The zero-order chi connectivity index (χ0) is 18.0. The summed E-state index contributed by atoms with van der Waals surface area (Å²) in [5.41, 5.74) is 1.73. The fraction of sp³-hybridized carbons (Fsp3) is 0.316. The fourth-order valence-corrected chi connectivity index (χ4v) is 3.10. The van der Waals surface area contributed by atoms with Crippen LogP contribution in [-0.2, 0) is 17.6 Å². The van der Waals surface area contributed by atoms with Gasteiger partial charge in [0.15, 0.2) is 0 Å².